The first-order chi connectivity index (χ1) is 10.3. The van der Waals surface area contributed by atoms with Crippen LogP contribution in [0.15, 0.2) is 59.2 Å². The molecule has 0 aliphatic rings. The van der Waals surface area contributed by atoms with Crippen molar-refractivity contribution in [2.75, 3.05) is 0 Å². The summed E-state index contributed by atoms with van der Waals surface area (Å²) in [6.07, 6.45) is 1.79. The van der Waals surface area contributed by atoms with E-state index in [-0.39, 0.29) is 6.61 Å². The fourth-order valence-corrected chi connectivity index (χ4v) is 2.68. The first kappa shape index (κ1) is 14.0. The molecule has 2 aromatic carbocycles. The van der Waals surface area contributed by atoms with Gasteiger partial charge in [-0.1, -0.05) is 18.2 Å². The van der Waals surface area contributed by atoms with Gasteiger partial charge in [0.25, 0.3) is 0 Å². The average Bonchev–Trinajstić information content (AvgIpc) is 2.53. The van der Waals surface area contributed by atoms with Gasteiger partial charge in [-0.05, 0) is 57.4 Å². The van der Waals surface area contributed by atoms with Crippen molar-refractivity contribution in [1.29, 1.82) is 0 Å². The summed E-state index contributed by atoms with van der Waals surface area (Å²) in [6.45, 7) is 0.512. The molecule has 1 aromatic heterocycles. The minimum atomic E-state index is 0.0244. The molecule has 1 heterocycles. The number of pyridine rings is 1. The molecular formula is C17H14BrNO2. The lowest BCUT2D eigenvalue weighted by molar-refractivity contribution is 0.280. The fraction of sp³-hybridized carbons (Fsp3) is 0.118. The summed E-state index contributed by atoms with van der Waals surface area (Å²) in [4.78, 5) is 4.30. The van der Waals surface area contributed by atoms with Crippen LogP contribution in [0.25, 0.3) is 10.9 Å². The second-order valence-electron chi connectivity index (χ2n) is 4.74. The molecule has 0 fully saturated rings. The predicted molar refractivity (Wildman–Crippen MR) is 86.1 cm³/mol. The maximum absolute atomic E-state index is 9.09. The average molecular weight is 344 g/mol. The quantitative estimate of drug-likeness (QED) is 0.776. The standard InChI is InChI=1S/C17H14BrNO2/c18-15-9-12(10-20)4-6-17(15)21-11-13-3-5-16-14(8-13)2-1-7-19-16/h1-9,20H,10-11H2. The number of hydrogen-bond donors (Lipinski definition) is 1. The van der Waals surface area contributed by atoms with E-state index in [1.54, 1.807) is 6.20 Å². The van der Waals surface area contributed by atoms with Crippen LogP contribution in [-0.4, -0.2) is 10.1 Å². The second kappa shape index (κ2) is 6.24. The van der Waals surface area contributed by atoms with Crippen molar-refractivity contribution in [1.82, 2.24) is 4.98 Å². The Balaban J connectivity index is 1.77. The zero-order valence-corrected chi connectivity index (χ0v) is 12.9. The van der Waals surface area contributed by atoms with Gasteiger partial charge >= 0.3 is 0 Å². The van der Waals surface area contributed by atoms with Crippen molar-refractivity contribution in [2.45, 2.75) is 13.2 Å². The predicted octanol–water partition coefficient (Wildman–Crippen LogP) is 4.07. The van der Waals surface area contributed by atoms with Crippen molar-refractivity contribution >= 4 is 26.8 Å². The highest BCUT2D eigenvalue weighted by Crippen LogP contribution is 2.27. The number of aliphatic hydroxyl groups excluding tert-OH is 1. The second-order valence-corrected chi connectivity index (χ2v) is 5.60. The molecule has 1 N–H and O–H groups in total. The van der Waals surface area contributed by atoms with Gasteiger partial charge in [-0.3, -0.25) is 4.98 Å². The highest BCUT2D eigenvalue weighted by molar-refractivity contribution is 9.10. The maximum Gasteiger partial charge on any atom is 0.134 e. The van der Waals surface area contributed by atoms with Gasteiger partial charge in [0.2, 0.25) is 0 Å². The lowest BCUT2D eigenvalue weighted by atomic mass is 10.1. The van der Waals surface area contributed by atoms with Gasteiger partial charge in [0.05, 0.1) is 16.6 Å². The normalized spacial score (nSPS) is 10.8. The molecule has 0 unspecified atom stereocenters. The third-order valence-electron chi connectivity index (χ3n) is 3.24. The molecule has 0 bridgehead atoms. The van der Waals surface area contributed by atoms with Gasteiger partial charge in [-0.15, -0.1) is 0 Å². The molecule has 0 amide bonds. The highest BCUT2D eigenvalue weighted by Gasteiger charge is 2.04. The van der Waals surface area contributed by atoms with E-state index >= 15 is 0 Å². The van der Waals surface area contributed by atoms with Crippen molar-refractivity contribution in [3.05, 3.63) is 70.3 Å². The molecule has 0 aliphatic heterocycles. The molecule has 3 nitrogen and oxygen atoms in total. The topological polar surface area (TPSA) is 42.4 Å². The third kappa shape index (κ3) is 3.23. The van der Waals surface area contributed by atoms with Crippen LogP contribution in [0.3, 0.4) is 0 Å². The molecule has 0 spiro atoms. The van der Waals surface area contributed by atoms with E-state index in [1.807, 2.05) is 42.5 Å². The number of ether oxygens (including phenoxy) is 1. The Kier molecular flexibility index (Phi) is 4.18. The van der Waals surface area contributed by atoms with Crippen LogP contribution < -0.4 is 4.74 Å². The zero-order chi connectivity index (χ0) is 14.7. The summed E-state index contributed by atoms with van der Waals surface area (Å²) in [5.74, 6) is 0.762. The number of fused-ring (bicyclic) bond motifs is 1. The van der Waals surface area contributed by atoms with Crippen LogP contribution in [0.1, 0.15) is 11.1 Å². The van der Waals surface area contributed by atoms with Crippen LogP contribution >= 0.6 is 15.9 Å². The van der Waals surface area contributed by atoms with E-state index in [0.29, 0.717) is 6.61 Å². The summed E-state index contributed by atoms with van der Waals surface area (Å²) in [7, 11) is 0. The molecule has 0 saturated heterocycles. The van der Waals surface area contributed by atoms with Gasteiger partial charge in [-0.25, -0.2) is 0 Å². The van der Waals surface area contributed by atoms with Gasteiger partial charge in [0.15, 0.2) is 0 Å². The Morgan fingerprint density at radius 3 is 2.71 bits per heavy atom. The molecule has 21 heavy (non-hydrogen) atoms. The number of halogens is 1. The Labute approximate surface area is 131 Å². The number of benzene rings is 2. The van der Waals surface area contributed by atoms with Gasteiger partial charge in [-0.2, -0.15) is 0 Å². The first-order valence-electron chi connectivity index (χ1n) is 6.62. The highest BCUT2D eigenvalue weighted by atomic mass is 79.9. The van der Waals surface area contributed by atoms with E-state index in [4.69, 9.17) is 9.84 Å². The minimum Gasteiger partial charge on any atom is -0.488 e. The van der Waals surface area contributed by atoms with Crippen molar-refractivity contribution < 1.29 is 9.84 Å². The lowest BCUT2D eigenvalue weighted by Crippen LogP contribution is -1.97. The monoisotopic (exact) mass is 343 g/mol. The molecule has 0 atom stereocenters. The lowest BCUT2D eigenvalue weighted by Gasteiger charge is -2.10. The fourth-order valence-electron chi connectivity index (χ4n) is 2.14. The Hall–Kier alpha value is -1.91. The van der Waals surface area contributed by atoms with Crippen molar-refractivity contribution in [3.63, 3.8) is 0 Å². The maximum atomic E-state index is 9.09. The molecule has 3 aromatic rings. The number of aromatic nitrogens is 1. The van der Waals surface area contributed by atoms with Gasteiger partial charge in [0, 0.05) is 11.6 Å². The molecule has 3 rings (SSSR count). The van der Waals surface area contributed by atoms with E-state index in [1.165, 1.54) is 0 Å². The number of aliphatic hydroxyl groups is 1. The van der Waals surface area contributed by atoms with E-state index in [0.717, 1.165) is 32.3 Å². The number of hydrogen-bond acceptors (Lipinski definition) is 3. The summed E-state index contributed by atoms with van der Waals surface area (Å²) in [6, 6.07) is 15.6. The SMILES string of the molecule is OCc1ccc(OCc2ccc3ncccc3c2)c(Br)c1. The molecule has 0 aliphatic carbocycles. The van der Waals surface area contributed by atoms with Crippen LogP contribution in [-0.2, 0) is 13.2 Å². The zero-order valence-electron chi connectivity index (χ0n) is 11.3. The van der Waals surface area contributed by atoms with Crippen molar-refractivity contribution in [2.24, 2.45) is 0 Å². The Morgan fingerprint density at radius 2 is 1.90 bits per heavy atom. The minimum absolute atomic E-state index is 0.0244. The molecule has 0 radical (unpaired) electrons. The molecular weight excluding hydrogens is 330 g/mol. The van der Waals surface area contributed by atoms with Crippen LogP contribution in [0.5, 0.6) is 5.75 Å². The van der Waals surface area contributed by atoms with Crippen LogP contribution in [0.2, 0.25) is 0 Å². The van der Waals surface area contributed by atoms with Gasteiger partial charge < -0.3 is 9.84 Å². The largest absolute Gasteiger partial charge is 0.488 e. The van der Waals surface area contributed by atoms with E-state index in [9.17, 15) is 0 Å². The summed E-state index contributed by atoms with van der Waals surface area (Å²) in [5.41, 5.74) is 2.93. The van der Waals surface area contributed by atoms with Crippen molar-refractivity contribution in [3.8, 4) is 5.75 Å². The third-order valence-corrected chi connectivity index (χ3v) is 3.86. The Bertz CT molecular complexity index is 774. The van der Waals surface area contributed by atoms with E-state index in [2.05, 4.69) is 27.0 Å². The Morgan fingerprint density at radius 1 is 1.05 bits per heavy atom. The smallest absolute Gasteiger partial charge is 0.134 e. The summed E-state index contributed by atoms with van der Waals surface area (Å²) < 4.78 is 6.67. The summed E-state index contributed by atoms with van der Waals surface area (Å²) >= 11 is 3.46. The first-order valence-corrected chi connectivity index (χ1v) is 7.41. The molecule has 106 valence electrons. The van der Waals surface area contributed by atoms with Crippen LogP contribution in [0.4, 0.5) is 0 Å². The number of rotatable bonds is 4. The molecule has 4 heteroatoms. The number of nitrogens with zero attached hydrogens (tertiary/aromatic N) is 1. The van der Waals surface area contributed by atoms with Crippen LogP contribution in [0, 0.1) is 0 Å². The molecule has 0 saturated carbocycles. The van der Waals surface area contributed by atoms with Gasteiger partial charge in [0.1, 0.15) is 12.4 Å². The summed E-state index contributed by atoms with van der Waals surface area (Å²) in [5, 5.41) is 10.2. The van der Waals surface area contributed by atoms with E-state index < -0.39 is 0 Å².